The van der Waals surface area contributed by atoms with Gasteiger partial charge in [0, 0.05) is 19.6 Å². The number of imide groups is 1. The minimum atomic E-state index is -0.144. The van der Waals surface area contributed by atoms with E-state index >= 15 is 0 Å². The molecule has 4 rings (SSSR count). The van der Waals surface area contributed by atoms with Gasteiger partial charge < -0.3 is 20.1 Å². The minimum Gasteiger partial charge on any atom is -0.493 e. The fourth-order valence-corrected chi connectivity index (χ4v) is 5.07. The van der Waals surface area contributed by atoms with E-state index in [0.717, 1.165) is 12.0 Å². The molecule has 8 heteroatoms. The molecule has 2 amide bonds. The quantitative estimate of drug-likeness (QED) is 0.264. The van der Waals surface area contributed by atoms with Crippen molar-refractivity contribution in [3.05, 3.63) is 35.9 Å². The molecule has 32 heavy (non-hydrogen) atoms. The van der Waals surface area contributed by atoms with Crippen LogP contribution in [-0.2, 0) is 16.1 Å². The number of ether oxygens (including phenoxy) is 2. The van der Waals surface area contributed by atoms with Crippen LogP contribution in [0.2, 0.25) is 0 Å². The Morgan fingerprint density at radius 2 is 1.81 bits per heavy atom. The Balaban J connectivity index is 1.34. The summed E-state index contributed by atoms with van der Waals surface area (Å²) in [5, 5.41) is 6.46. The Bertz CT molecular complexity index is 899. The lowest BCUT2D eigenvalue weighted by Crippen LogP contribution is -2.43. The number of carbonyl (C=O) groups excluding carboxylic acids is 2. The summed E-state index contributed by atoms with van der Waals surface area (Å²) >= 11 is 0. The molecule has 1 heterocycles. The summed E-state index contributed by atoms with van der Waals surface area (Å²) in [6.07, 6.45) is 5.18. The van der Waals surface area contributed by atoms with E-state index in [0.29, 0.717) is 50.2 Å². The number of aliphatic imine (C=N–C) groups is 1. The van der Waals surface area contributed by atoms with E-state index in [2.05, 4.69) is 27.8 Å². The lowest BCUT2D eigenvalue weighted by atomic mass is 9.85. The number of methoxy groups -OCH3 is 1. The highest BCUT2D eigenvalue weighted by Crippen LogP contribution is 2.52. The zero-order valence-electron chi connectivity index (χ0n) is 19.0. The highest BCUT2D eigenvalue weighted by atomic mass is 16.5. The van der Waals surface area contributed by atoms with Crippen molar-refractivity contribution in [3.63, 3.8) is 0 Å². The van der Waals surface area contributed by atoms with Gasteiger partial charge in [0.2, 0.25) is 11.8 Å². The van der Waals surface area contributed by atoms with Gasteiger partial charge in [0.1, 0.15) is 0 Å². The number of guanidine groups is 1. The summed E-state index contributed by atoms with van der Waals surface area (Å²) in [5.41, 5.74) is 0.993. The third-order valence-electron chi connectivity index (χ3n) is 6.48. The molecule has 4 unspecified atom stereocenters. The Kier molecular flexibility index (Phi) is 6.67. The van der Waals surface area contributed by atoms with Crippen LogP contribution in [0.4, 0.5) is 0 Å². The molecular weight excluding hydrogens is 408 g/mol. The molecule has 0 radical (unpaired) electrons. The second-order valence-corrected chi connectivity index (χ2v) is 8.37. The van der Waals surface area contributed by atoms with E-state index < -0.39 is 0 Å². The van der Waals surface area contributed by atoms with E-state index in [1.54, 1.807) is 7.11 Å². The van der Waals surface area contributed by atoms with Crippen LogP contribution in [0.25, 0.3) is 0 Å². The number of benzene rings is 1. The third-order valence-corrected chi connectivity index (χ3v) is 6.48. The van der Waals surface area contributed by atoms with Crippen molar-refractivity contribution in [2.75, 3.05) is 33.4 Å². The summed E-state index contributed by atoms with van der Waals surface area (Å²) in [7, 11) is 1.62. The van der Waals surface area contributed by atoms with Gasteiger partial charge in [-0.15, -0.1) is 0 Å². The molecule has 0 spiro atoms. The largest absolute Gasteiger partial charge is 0.493 e. The molecule has 2 aliphatic carbocycles. The summed E-state index contributed by atoms with van der Waals surface area (Å²) < 4.78 is 11.0. The summed E-state index contributed by atoms with van der Waals surface area (Å²) in [5.74, 6) is 2.20. The molecule has 1 aliphatic heterocycles. The number of nitrogens with one attached hydrogen (secondary N) is 2. The lowest BCUT2D eigenvalue weighted by molar-refractivity contribution is -0.140. The number of nitrogens with zero attached hydrogens (tertiary/aromatic N) is 2. The van der Waals surface area contributed by atoms with E-state index in [4.69, 9.17) is 9.47 Å². The average molecular weight is 441 g/mol. The monoisotopic (exact) mass is 440 g/mol. The van der Waals surface area contributed by atoms with Crippen molar-refractivity contribution >= 4 is 17.8 Å². The SMILES string of the molecule is CCNC(=NCc1ccc(OC)c(OCC)c1)NCCN1C(=O)C2C3C=CC(C3)C2C1=O. The summed E-state index contributed by atoms with van der Waals surface area (Å²) in [6.45, 7) is 6.46. The highest BCUT2D eigenvalue weighted by molar-refractivity contribution is 6.06. The van der Waals surface area contributed by atoms with Crippen molar-refractivity contribution in [2.24, 2.45) is 28.7 Å². The standard InChI is InChI=1S/C24H32N4O4/c1-4-25-24(27-14-15-6-9-18(31-3)19(12-15)32-5-2)26-10-11-28-22(29)20-16-7-8-17(13-16)21(20)23(28)30/h6-9,12,16-17,20-21H,4-5,10-11,13-14H2,1-3H3,(H2,25,26,27). The molecule has 1 saturated carbocycles. The topological polar surface area (TPSA) is 92.3 Å². The zero-order chi connectivity index (χ0) is 22.7. The van der Waals surface area contributed by atoms with Crippen LogP contribution in [0.15, 0.2) is 35.3 Å². The molecular formula is C24H32N4O4. The molecule has 4 atom stereocenters. The first-order valence-corrected chi connectivity index (χ1v) is 11.4. The molecule has 1 saturated heterocycles. The first-order chi connectivity index (χ1) is 15.6. The van der Waals surface area contributed by atoms with Crippen LogP contribution in [0.3, 0.4) is 0 Å². The van der Waals surface area contributed by atoms with Crippen LogP contribution in [0.1, 0.15) is 25.8 Å². The number of likely N-dealkylation sites (tertiary alicyclic amines) is 1. The number of hydrogen-bond donors (Lipinski definition) is 2. The second-order valence-electron chi connectivity index (χ2n) is 8.37. The molecule has 2 fully saturated rings. The average Bonchev–Trinajstić information content (AvgIpc) is 3.47. The number of fused-ring (bicyclic) bond motifs is 5. The van der Waals surface area contributed by atoms with Crippen molar-refractivity contribution in [2.45, 2.75) is 26.8 Å². The Morgan fingerprint density at radius 1 is 1.09 bits per heavy atom. The van der Waals surface area contributed by atoms with Gasteiger partial charge in [-0.2, -0.15) is 0 Å². The lowest BCUT2D eigenvalue weighted by Gasteiger charge is -2.18. The third kappa shape index (κ3) is 4.18. The van der Waals surface area contributed by atoms with Gasteiger partial charge in [-0.1, -0.05) is 18.2 Å². The van der Waals surface area contributed by atoms with E-state index in [9.17, 15) is 9.59 Å². The van der Waals surface area contributed by atoms with Gasteiger partial charge in [-0.05, 0) is 49.8 Å². The molecule has 0 aromatic heterocycles. The molecule has 3 aliphatic rings. The maximum Gasteiger partial charge on any atom is 0.233 e. The molecule has 1 aromatic rings. The van der Waals surface area contributed by atoms with Gasteiger partial charge >= 0.3 is 0 Å². The van der Waals surface area contributed by atoms with Crippen molar-refractivity contribution in [1.82, 2.24) is 15.5 Å². The molecule has 8 nitrogen and oxygen atoms in total. The molecule has 172 valence electrons. The maximum absolute atomic E-state index is 12.8. The van der Waals surface area contributed by atoms with Crippen molar-refractivity contribution < 1.29 is 19.1 Å². The number of hydrogen-bond acceptors (Lipinski definition) is 5. The number of carbonyl (C=O) groups is 2. The maximum atomic E-state index is 12.8. The van der Waals surface area contributed by atoms with Crippen LogP contribution < -0.4 is 20.1 Å². The predicted octanol–water partition coefficient (Wildman–Crippen LogP) is 1.96. The first kappa shape index (κ1) is 22.2. The van der Waals surface area contributed by atoms with Crippen molar-refractivity contribution in [1.29, 1.82) is 0 Å². The Morgan fingerprint density at radius 3 is 2.44 bits per heavy atom. The molecule has 2 N–H and O–H groups in total. The fourth-order valence-electron chi connectivity index (χ4n) is 5.07. The van der Waals surface area contributed by atoms with E-state index in [1.807, 2.05) is 32.0 Å². The van der Waals surface area contributed by atoms with Gasteiger partial charge in [0.25, 0.3) is 0 Å². The van der Waals surface area contributed by atoms with Crippen LogP contribution in [0.5, 0.6) is 11.5 Å². The van der Waals surface area contributed by atoms with Crippen LogP contribution in [0, 0.1) is 23.7 Å². The smallest absolute Gasteiger partial charge is 0.233 e. The van der Waals surface area contributed by atoms with Gasteiger partial charge in [0.15, 0.2) is 17.5 Å². The fraction of sp³-hybridized carbons (Fsp3) is 0.542. The van der Waals surface area contributed by atoms with Gasteiger partial charge in [-0.3, -0.25) is 14.5 Å². The highest BCUT2D eigenvalue weighted by Gasteiger charge is 2.58. The Hall–Kier alpha value is -3.03. The molecule has 2 bridgehead atoms. The predicted molar refractivity (Wildman–Crippen MR) is 121 cm³/mol. The Labute approximate surface area is 189 Å². The normalized spacial score (nSPS) is 26.0. The summed E-state index contributed by atoms with van der Waals surface area (Å²) in [6, 6.07) is 5.76. The zero-order valence-corrected chi connectivity index (χ0v) is 19.0. The van der Waals surface area contributed by atoms with Crippen LogP contribution in [-0.4, -0.2) is 56.0 Å². The first-order valence-electron chi connectivity index (χ1n) is 11.4. The summed E-state index contributed by atoms with van der Waals surface area (Å²) in [4.78, 5) is 31.7. The van der Waals surface area contributed by atoms with Crippen molar-refractivity contribution in [3.8, 4) is 11.5 Å². The van der Waals surface area contributed by atoms with Crippen LogP contribution >= 0.6 is 0 Å². The number of allylic oxidation sites excluding steroid dienone is 2. The molecule has 1 aromatic carbocycles. The van der Waals surface area contributed by atoms with Gasteiger partial charge in [-0.25, -0.2) is 4.99 Å². The number of rotatable bonds is 9. The number of amides is 2. The minimum absolute atomic E-state index is 0.0118. The van der Waals surface area contributed by atoms with E-state index in [1.165, 1.54) is 4.90 Å². The van der Waals surface area contributed by atoms with E-state index in [-0.39, 0.29) is 35.5 Å². The second kappa shape index (κ2) is 9.63. The van der Waals surface area contributed by atoms with Gasteiger partial charge in [0.05, 0.1) is 32.1 Å².